The van der Waals surface area contributed by atoms with Gasteiger partial charge in [0.25, 0.3) is 0 Å². The van der Waals surface area contributed by atoms with Crippen LogP contribution in [0.2, 0.25) is 0 Å². The molecule has 4 nitrogen and oxygen atoms in total. The van der Waals surface area contributed by atoms with Crippen molar-refractivity contribution in [2.45, 2.75) is 19.3 Å². The molecule has 0 atom stereocenters. The zero-order valence-corrected chi connectivity index (χ0v) is 12.0. The molecule has 1 saturated heterocycles. The summed E-state index contributed by atoms with van der Waals surface area (Å²) in [6, 6.07) is 7.32. The van der Waals surface area contributed by atoms with Gasteiger partial charge in [0.2, 0.25) is 0 Å². The maximum absolute atomic E-state index is 10.7. The Hall–Kier alpha value is -1.39. The molecular formula is C16H24N2O2. The smallest absolute Gasteiger partial charge is 0.150 e. The van der Waals surface area contributed by atoms with Crippen LogP contribution in [0.3, 0.4) is 0 Å². The number of benzene rings is 1. The van der Waals surface area contributed by atoms with Crippen molar-refractivity contribution in [1.29, 1.82) is 0 Å². The molecule has 1 fully saturated rings. The Bertz CT molecular complexity index is 403. The van der Waals surface area contributed by atoms with Gasteiger partial charge in [0.05, 0.1) is 6.61 Å². The number of hydrogen-bond acceptors (Lipinski definition) is 4. The van der Waals surface area contributed by atoms with Gasteiger partial charge in [-0.05, 0) is 37.9 Å². The minimum Gasteiger partial charge on any atom is -0.494 e. The third kappa shape index (κ3) is 5.31. The van der Waals surface area contributed by atoms with Gasteiger partial charge in [0.15, 0.2) is 0 Å². The number of carbonyl (C=O) groups excluding carboxylic acids is 1. The summed E-state index contributed by atoms with van der Waals surface area (Å²) in [5, 5.41) is 3.37. The summed E-state index contributed by atoms with van der Waals surface area (Å²) in [5.74, 6) is 0.789. The van der Waals surface area contributed by atoms with E-state index in [-0.39, 0.29) is 0 Å². The van der Waals surface area contributed by atoms with Gasteiger partial charge in [-0.2, -0.15) is 0 Å². The zero-order chi connectivity index (χ0) is 14.0. The number of piperazine rings is 1. The van der Waals surface area contributed by atoms with E-state index in [4.69, 9.17) is 4.74 Å². The van der Waals surface area contributed by atoms with Crippen LogP contribution in [0.25, 0.3) is 0 Å². The molecule has 2 rings (SSSR count). The average Bonchev–Trinajstić information content (AvgIpc) is 2.52. The van der Waals surface area contributed by atoms with Crippen LogP contribution >= 0.6 is 0 Å². The standard InChI is InChI=1S/C16H24N2O2/c19-14-15-5-4-6-16(13-15)20-12-3-1-2-9-18-10-7-17-8-11-18/h4-6,13-14,17H,1-3,7-12H2. The fourth-order valence-electron chi connectivity index (χ4n) is 2.42. The topological polar surface area (TPSA) is 41.6 Å². The molecule has 1 N–H and O–H groups in total. The maximum Gasteiger partial charge on any atom is 0.150 e. The highest BCUT2D eigenvalue weighted by Crippen LogP contribution is 2.12. The van der Waals surface area contributed by atoms with Gasteiger partial charge in [-0.25, -0.2) is 0 Å². The normalized spacial score (nSPS) is 16.0. The average molecular weight is 276 g/mol. The molecule has 0 amide bonds. The van der Waals surface area contributed by atoms with Crippen molar-refractivity contribution < 1.29 is 9.53 Å². The summed E-state index contributed by atoms with van der Waals surface area (Å²) in [4.78, 5) is 13.2. The van der Waals surface area contributed by atoms with E-state index in [0.717, 1.165) is 38.2 Å². The summed E-state index contributed by atoms with van der Waals surface area (Å²) < 4.78 is 5.66. The molecule has 110 valence electrons. The van der Waals surface area contributed by atoms with Crippen LogP contribution in [0.4, 0.5) is 0 Å². The Labute approximate surface area is 121 Å². The lowest BCUT2D eigenvalue weighted by Gasteiger charge is -2.26. The van der Waals surface area contributed by atoms with Crippen molar-refractivity contribution in [1.82, 2.24) is 10.2 Å². The Balaban J connectivity index is 1.53. The number of ether oxygens (including phenoxy) is 1. The van der Waals surface area contributed by atoms with Crippen LogP contribution in [0.15, 0.2) is 24.3 Å². The molecule has 0 saturated carbocycles. The van der Waals surface area contributed by atoms with Crippen LogP contribution in [-0.2, 0) is 0 Å². The summed E-state index contributed by atoms with van der Waals surface area (Å²) in [7, 11) is 0. The van der Waals surface area contributed by atoms with Crippen LogP contribution < -0.4 is 10.1 Å². The van der Waals surface area contributed by atoms with Crippen molar-refractivity contribution in [3.8, 4) is 5.75 Å². The van der Waals surface area contributed by atoms with Crippen LogP contribution in [0.5, 0.6) is 5.75 Å². The number of hydrogen-bond donors (Lipinski definition) is 1. The molecule has 20 heavy (non-hydrogen) atoms. The summed E-state index contributed by atoms with van der Waals surface area (Å²) in [5.41, 5.74) is 0.668. The Morgan fingerprint density at radius 1 is 1.20 bits per heavy atom. The van der Waals surface area contributed by atoms with Crippen molar-refractivity contribution >= 4 is 6.29 Å². The first kappa shape index (κ1) is 15.0. The van der Waals surface area contributed by atoms with E-state index < -0.39 is 0 Å². The van der Waals surface area contributed by atoms with Gasteiger partial charge in [-0.3, -0.25) is 4.79 Å². The molecule has 1 aromatic rings. The van der Waals surface area contributed by atoms with Crippen molar-refractivity contribution in [3.63, 3.8) is 0 Å². The molecular weight excluding hydrogens is 252 g/mol. The quantitative estimate of drug-likeness (QED) is 0.582. The predicted molar refractivity (Wildman–Crippen MR) is 80.5 cm³/mol. The molecule has 0 unspecified atom stereocenters. The number of unbranched alkanes of at least 4 members (excludes halogenated alkanes) is 2. The molecule has 4 heteroatoms. The number of rotatable bonds is 8. The molecule has 0 aliphatic carbocycles. The van der Waals surface area contributed by atoms with Gasteiger partial charge in [-0.15, -0.1) is 0 Å². The Morgan fingerprint density at radius 2 is 2.05 bits per heavy atom. The van der Waals surface area contributed by atoms with E-state index >= 15 is 0 Å². The first-order valence-electron chi connectivity index (χ1n) is 7.49. The van der Waals surface area contributed by atoms with Gasteiger partial charge >= 0.3 is 0 Å². The monoisotopic (exact) mass is 276 g/mol. The number of aldehydes is 1. The fourth-order valence-corrected chi connectivity index (χ4v) is 2.42. The van der Waals surface area contributed by atoms with E-state index in [2.05, 4.69) is 10.2 Å². The SMILES string of the molecule is O=Cc1cccc(OCCCCCN2CCNCC2)c1. The summed E-state index contributed by atoms with van der Waals surface area (Å²) in [6.45, 7) is 6.52. The maximum atomic E-state index is 10.7. The third-order valence-electron chi connectivity index (χ3n) is 3.59. The van der Waals surface area contributed by atoms with Crippen molar-refractivity contribution in [2.24, 2.45) is 0 Å². The van der Waals surface area contributed by atoms with E-state index in [1.807, 2.05) is 12.1 Å². The van der Waals surface area contributed by atoms with E-state index in [1.165, 1.54) is 32.5 Å². The first-order valence-corrected chi connectivity index (χ1v) is 7.49. The minimum absolute atomic E-state index is 0.668. The Morgan fingerprint density at radius 3 is 2.85 bits per heavy atom. The van der Waals surface area contributed by atoms with Gasteiger partial charge < -0.3 is 15.0 Å². The zero-order valence-electron chi connectivity index (χ0n) is 12.0. The highest BCUT2D eigenvalue weighted by Gasteiger charge is 2.07. The van der Waals surface area contributed by atoms with Crippen LogP contribution in [0, 0.1) is 0 Å². The van der Waals surface area contributed by atoms with E-state index in [9.17, 15) is 4.79 Å². The largest absolute Gasteiger partial charge is 0.494 e. The molecule has 0 bridgehead atoms. The highest BCUT2D eigenvalue weighted by molar-refractivity contribution is 5.75. The molecule has 1 aromatic carbocycles. The summed E-state index contributed by atoms with van der Waals surface area (Å²) >= 11 is 0. The lowest BCUT2D eigenvalue weighted by Crippen LogP contribution is -2.43. The first-order chi connectivity index (χ1) is 9.88. The fraction of sp³-hybridized carbons (Fsp3) is 0.562. The van der Waals surface area contributed by atoms with Crippen LogP contribution in [0.1, 0.15) is 29.6 Å². The molecule has 0 aromatic heterocycles. The van der Waals surface area contributed by atoms with Crippen molar-refractivity contribution in [2.75, 3.05) is 39.3 Å². The van der Waals surface area contributed by atoms with Crippen molar-refractivity contribution in [3.05, 3.63) is 29.8 Å². The number of carbonyl (C=O) groups is 1. The lowest BCUT2D eigenvalue weighted by molar-refractivity contribution is 0.112. The Kier molecular flexibility index (Phi) is 6.54. The van der Waals surface area contributed by atoms with Crippen LogP contribution in [-0.4, -0.2) is 50.5 Å². The molecule has 0 spiro atoms. The highest BCUT2D eigenvalue weighted by atomic mass is 16.5. The van der Waals surface area contributed by atoms with E-state index in [0.29, 0.717) is 5.56 Å². The number of nitrogens with one attached hydrogen (secondary N) is 1. The second kappa shape index (κ2) is 8.72. The molecule has 1 aliphatic rings. The second-order valence-corrected chi connectivity index (χ2v) is 5.19. The minimum atomic E-state index is 0.668. The number of nitrogens with zero attached hydrogens (tertiary/aromatic N) is 1. The van der Waals surface area contributed by atoms with Gasteiger partial charge in [0, 0.05) is 31.7 Å². The second-order valence-electron chi connectivity index (χ2n) is 5.19. The molecule has 1 heterocycles. The third-order valence-corrected chi connectivity index (χ3v) is 3.59. The molecule has 1 aliphatic heterocycles. The molecule has 0 radical (unpaired) electrons. The van der Waals surface area contributed by atoms with Gasteiger partial charge in [0.1, 0.15) is 12.0 Å². The van der Waals surface area contributed by atoms with Gasteiger partial charge in [-0.1, -0.05) is 12.1 Å². The predicted octanol–water partition coefficient (Wildman–Crippen LogP) is 1.95. The summed E-state index contributed by atoms with van der Waals surface area (Å²) in [6.07, 6.45) is 4.34. The lowest BCUT2D eigenvalue weighted by atomic mass is 10.2. The van der Waals surface area contributed by atoms with E-state index in [1.54, 1.807) is 12.1 Å².